The Hall–Kier alpha value is -3.65. The van der Waals surface area contributed by atoms with E-state index in [4.69, 9.17) is 5.73 Å². The van der Waals surface area contributed by atoms with Gasteiger partial charge in [-0.25, -0.2) is 4.98 Å². The molecule has 0 aliphatic carbocycles. The van der Waals surface area contributed by atoms with Gasteiger partial charge < -0.3 is 11.1 Å². The third-order valence-electron chi connectivity index (χ3n) is 6.32. The maximum absolute atomic E-state index is 12.9. The van der Waals surface area contributed by atoms with Gasteiger partial charge in [-0.2, -0.15) is 5.10 Å². The number of hydrogen-bond donors (Lipinski definition) is 2. The van der Waals surface area contributed by atoms with Crippen LogP contribution >= 0.6 is 0 Å². The van der Waals surface area contributed by atoms with Crippen LogP contribution in [0.25, 0.3) is 22.0 Å². The molecular weight excluding hydrogens is 414 g/mol. The maximum atomic E-state index is 12.9. The van der Waals surface area contributed by atoms with Crippen LogP contribution in [-0.4, -0.2) is 43.6 Å². The topological polar surface area (TPSA) is 112 Å². The van der Waals surface area contributed by atoms with Crippen molar-refractivity contribution in [2.75, 3.05) is 18.8 Å². The zero-order valence-electron chi connectivity index (χ0n) is 18.7. The van der Waals surface area contributed by atoms with E-state index in [2.05, 4.69) is 32.3 Å². The van der Waals surface area contributed by atoms with Gasteiger partial charge in [0.25, 0.3) is 0 Å². The molecule has 0 saturated carbocycles. The third kappa shape index (κ3) is 4.34. The summed E-state index contributed by atoms with van der Waals surface area (Å²) in [4.78, 5) is 26.2. The molecule has 0 aromatic carbocycles. The number of piperidine rings is 1. The lowest BCUT2D eigenvalue weighted by molar-refractivity contribution is 0.0992. The molecular formula is C25H27N7O. The zero-order chi connectivity index (χ0) is 22.8. The number of hydrogen-bond acceptors (Lipinski definition) is 7. The van der Waals surface area contributed by atoms with E-state index in [-0.39, 0.29) is 12.2 Å². The summed E-state index contributed by atoms with van der Waals surface area (Å²) in [6, 6.07) is 6.26. The summed E-state index contributed by atoms with van der Waals surface area (Å²) in [5, 5.41) is 9.48. The summed E-state index contributed by atoms with van der Waals surface area (Å²) in [6.45, 7) is 4.06. The van der Waals surface area contributed by atoms with Gasteiger partial charge in [-0.3, -0.25) is 19.4 Å². The number of nitrogens with two attached hydrogens (primary N) is 1. The van der Waals surface area contributed by atoms with Crippen LogP contribution in [-0.2, 0) is 12.8 Å². The standard InChI is InChI=1S/C25H27N7O/c1-2-16-3-6-28-13-21(16)23-10-17-9-19(29-14-22(17)25(26)31-23)11-24(33)18-12-30-32(15-18)20-4-7-27-8-5-20/h3,6,9-10,12-15,20,27H,2,4-5,7-8,11H2,1H3,(H2,26,31). The number of nitrogen functional groups attached to an aromatic ring is 1. The Labute approximate surface area is 192 Å². The molecule has 0 atom stereocenters. The van der Waals surface area contributed by atoms with E-state index < -0.39 is 0 Å². The quantitative estimate of drug-likeness (QED) is 0.441. The molecule has 4 aromatic heterocycles. The Morgan fingerprint density at radius 1 is 1.21 bits per heavy atom. The van der Waals surface area contributed by atoms with Gasteiger partial charge in [-0.15, -0.1) is 0 Å². The smallest absolute Gasteiger partial charge is 0.171 e. The minimum absolute atomic E-state index is 0.00446. The molecule has 1 saturated heterocycles. The normalized spacial score (nSPS) is 14.6. The lowest BCUT2D eigenvalue weighted by atomic mass is 10.0. The van der Waals surface area contributed by atoms with Gasteiger partial charge in [0.2, 0.25) is 0 Å². The maximum Gasteiger partial charge on any atom is 0.171 e. The SMILES string of the molecule is CCc1ccncc1-c1cc2cc(CC(=O)c3cnn(C4CCNCC4)c3)ncc2c(N)n1. The molecule has 5 rings (SSSR count). The number of aromatic nitrogens is 5. The van der Waals surface area contributed by atoms with E-state index >= 15 is 0 Å². The van der Waals surface area contributed by atoms with E-state index in [0.29, 0.717) is 23.1 Å². The summed E-state index contributed by atoms with van der Waals surface area (Å²) < 4.78 is 1.93. The monoisotopic (exact) mass is 441 g/mol. The largest absolute Gasteiger partial charge is 0.383 e. The van der Waals surface area contributed by atoms with Gasteiger partial charge in [-0.1, -0.05) is 6.92 Å². The van der Waals surface area contributed by atoms with E-state index in [9.17, 15) is 4.79 Å². The predicted molar refractivity (Wildman–Crippen MR) is 128 cm³/mol. The van der Waals surface area contributed by atoms with E-state index in [0.717, 1.165) is 59.9 Å². The van der Waals surface area contributed by atoms with Crippen molar-refractivity contribution in [2.24, 2.45) is 0 Å². The first-order valence-electron chi connectivity index (χ1n) is 11.4. The minimum Gasteiger partial charge on any atom is -0.383 e. The lowest BCUT2D eigenvalue weighted by Crippen LogP contribution is -2.29. The first-order chi connectivity index (χ1) is 16.1. The summed E-state index contributed by atoms with van der Waals surface area (Å²) in [7, 11) is 0. The second-order valence-corrected chi connectivity index (χ2v) is 8.47. The van der Waals surface area contributed by atoms with Gasteiger partial charge in [-0.05, 0) is 61.5 Å². The second kappa shape index (κ2) is 9.07. The van der Waals surface area contributed by atoms with Crippen molar-refractivity contribution in [1.82, 2.24) is 30.0 Å². The summed E-state index contributed by atoms with van der Waals surface area (Å²) in [5.74, 6) is 0.423. The fourth-order valence-corrected chi connectivity index (χ4v) is 4.44. The van der Waals surface area contributed by atoms with Gasteiger partial charge in [0.1, 0.15) is 5.82 Å². The molecule has 0 spiro atoms. The molecule has 5 heterocycles. The van der Waals surface area contributed by atoms with Crippen LogP contribution in [0, 0.1) is 0 Å². The number of rotatable bonds is 6. The number of nitrogens with one attached hydrogen (secondary N) is 1. The molecule has 1 fully saturated rings. The van der Waals surface area contributed by atoms with Crippen LogP contribution in [0.15, 0.2) is 49.2 Å². The van der Waals surface area contributed by atoms with Crippen molar-refractivity contribution >= 4 is 22.4 Å². The number of anilines is 1. The van der Waals surface area contributed by atoms with Crippen LogP contribution in [0.3, 0.4) is 0 Å². The average Bonchev–Trinajstić information content (AvgIpc) is 3.35. The van der Waals surface area contributed by atoms with E-state index in [1.165, 1.54) is 0 Å². The number of ketones is 1. The summed E-state index contributed by atoms with van der Waals surface area (Å²) >= 11 is 0. The molecule has 0 radical (unpaired) electrons. The van der Waals surface area contributed by atoms with Gasteiger partial charge in [0.05, 0.1) is 29.9 Å². The molecule has 168 valence electrons. The highest BCUT2D eigenvalue weighted by Gasteiger charge is 2.18. The number of Topliss-reactive ketones (excluding diaryl/α,β-unsaturated/α-hetero) is 1. The highest BCUT2D eigenvalue weighted by atomic mass is 16.1. The number of aryl methyl sites for hydroxylation is 1. The number of nitrogens with zero attached hydrogens (tertiary/aromatic N) is 5. The van der Waals surface area contributed by atoms with Crippen molar-refractivity contribution in [3.05, 3.63) is 66.0 Å². The van der Waals surface area contributed by atoms with Crippen LogP contribution < -0.4 is 11.1 Å². The van der Waals surface area contributed by atoms with Crippen LogP contribution in [0.5, 0.6) is 0 Å². The van der Waals surface area contributed by atoms with Crippen molar-refractivity contribution in [3.8, 4) is 11.3 Å². The van der Waals surface area contributed by atoms with Gasteiger partial charge in [0, 0.05) is 41.4 Å². The third-order valence-corrected chi connectivity index (χ3v) is 6.32. The number of carbonyl (C=O) groups is 1. The molecule has 0 bridgehead atoms. The number of pyridine rings is 3. The first kappa shape index (κ1) is 21.2. The Bertz CT molecular complexity index is 1310. The van der Waals surface area contributed by atoms with Crippen molar-refractivity contribution in [3.63, 3.8) is 0 Å². The van der Waals surface area contributed by atoms with Crippen LogP contribution in [0.2, 0.25) is 0 Å². The summed E-state index contributed by atoms with van der Waals surface area (Å²) in [6.07, 6.45) is 12.0. The molecule has 0 amide bonds. The zero-order valence-corrected chi connectivity index (χ0v) is 18.7. The fourth-order valence-electron chi connectivity index (χ4n) is 4.44. The fraction of sp³-hybridized carbons (Fsp3) is 0.320. The van der Waals surface area contributed by atoms with Crippen molar-refractivity contribution < 1.29 is 4.79 Å². The Morgan fingerprint density at radius 3 is 2.88 bits per heavy atom. The van der Waals surface area contributed by atoms with Crippen molar-refractivity contribution in [1.29, 1.82) is 0 Å². The van der Waals surface area contributed by atoms with E-state index in [1.807, 2.05) is 35.3 Å². The van der Waals surface area contributed by atoms with Gasteiger partial charge in [0.15, 0.2) is 5.78 Å². The molecule has 4 aromatic rings. The highest BCUT2D eigenvalue weighted by Crippen LogP contribution is 2.28. The van der Waals surface area contributed by atoms with Crippen LogP contribution in [0.4, 0.5) is 5.82 Å². The van der Waals surface area contributed by atoms with Gasteiger partial charge >= 0.3 is 0 Å². The molecule has 1 aliphatic heterocycles. The lowest BCUT2D eigenvalue weighted by Gasteiger charge is -2.22. The average molecular weight is 442 g/mol. The number of carbonyl (C=O) groups excluding carboxylic acids is 1. The Morgan fingerprint density at radius 2 is 2.06 bits per heavy atom. The Kier molecular flexibility index (Phi) is 5.83. The molecule has 33 heavy (non-hydrogen) atoms. The number of fused-ring (bicyclic) bond motifs is 1. The first-order valence-corrected chi connectivity index (χ1v) is 11.4. The second-order valence-electron chi connectivity index (χ2n) is 8.47. The van der Waals surface area contributed by atoms with E-state index in [1.54, 1.807) is 18.6 Å². The molecule has 8 nitrogen and oxygen atoms in total. The Balaban J connectivity index is 1.41. The minimum atomic E-state index is 0.00446. The van der Waals surface area contributed by atoms with Crippen molar-refractivity contribution in [2.45, 2.75) is 38.6 Å². The van der Waals surface area contributed by atoms with Crippen LogP contribution in [0.1, 0.15) is 47.4 Å². The summed E-state index contributed by atoms with van der Waals surface area (Å²) in [5.41, 5.74) is 10.5. The predicted octanol–water partition coefficient (Wildman–Crippen LogP) is 3.38. The molecule has 8 heteroatoms. The molecule has 1 aliphatic rings. The molecule has 0 unspecified atom stereocenters. The highest BCUT2D eigenvalue weighted by molar-refractivity contribution is 5.98. The molecule has 3 N–H and O–H groups in total.